The fourth-order valence-electron chi connectivity index (χ4n) is 1.93. The average molecular weight is 310 g/mol. The average Bonchev–Trinajstić information content (AvgIpc) is 3.17. The largest absolute Gasteiger partial charge is 0.289 e. The monoisotopic (exact) mass is 310 g/mol. The van der Waals surface area contributed by atoms with Crippen molar-refractivity contribution in [2.75, 3.05) is 0 Å². The van der Waals surface area contributed by atoms with Crippen LogP contribution < -0.4 is 5.43 Å². The van der Waals surface area contributed by atoms with Gasteiger partial charge in [-0.05, 0) is 25.1 Å². The number of aryl methyl sites for hydroxylation is 1. The summed E-state index contributed by atoms with van der Waals surface area (Å²) in [7, 11) is 0. The number of benzene rings is 1. The molecule has 0 aliphatic rings. The number of hydrogen-bond acceptors (Lipinski definition) is 4. The van der Waals surface area contributed by atoms with Gasteiger partial charge in [-0.3, -0.25) is 9.89 Å². The molecule has 0 atom stereocenters. The third-order valence-corrected chi connectivity index (χ3v) is 3.95. The van der Waals surface area contributed by atoms with Crippen molar-refractivity contribution in [3.63, 3.8) is 0 Å². The van der Waals surface area contributed by atoms with Gasteiger partial charge in [0.05, 0.1) is 11.9 Å². The van der Waals surface area contributed by atoms with E-state index in [1.165, 1.54) is 4.88 Å². The van der Waals surface area contributed by atoms with Crippen molar-refractivity contribution >= 4 is 23.5 Å². The zero-order chi connectivity index (χ0) is 15.4. The first-order chi connectivity index (χ1) is 10.7. The maximum absolute atomic E-state index is 12.0. The number of nitrogens with zero attached hydrogens (tertiary/aromatic N) is 2. The number of carbonyl (C=O) groups excluding carboxylic acids is 1. The van der Waals surface area contributed by atoms with E-state index in [1.54, 1.807) is 23.6 Å². The SMILES string of the molecule is Cc1ccc(/C=N/NC(=O)c2cc(-c3ccccc3)n[nH]2)s1. The molecule has 0 fully saturated rings. The molecule has 0 saturated carbocycles. The molecule has 6 heteroatoms. The highest BCUT2D eigenvalue weighted by atomic mass is 32.1. The molecular weight excluding hydrogens is 296 g/mol. The van der Waals surface area contributed by atoms with Crippen LogP contribution in [0.1, 0.15) is 20.2 Å². The summed E-state index contributed by atoms with van der Waals surface area (Å²) in [6.07, 6.45) is 1.63. The minimum atomic E-state index is -0.320. The van der Waals surface area contributed by atoms with Gasteiger partial charge in [0.15, 0.2) is 0 Å². The van der Waals surface area contributed by atoms with Crippen molar-refractivity contribution in [2.45, 2.75) is 6.92 Å². The van der Waals surface area contributed by atoms with E-state index >= 15 is 0 Å². The fourth-order valence-corrected chi connectivity index (χ4v) is 2.68. The molecule has 0 spiro atoms. The summed E-state index contributed by atoms with van der Waals surface area (Å²) in [5.41, 5.74) is 4.54. The van der Waals surface area contributed by atoms with E-state index < -0.39 is 0 Å². The predicted octanol–water partition coefficient (Wildman–Crippen LogP) is 3.21. The smallest absolute Gasteiger partial charge is 0.272 e. The standard InChI is InChI=1S/C16H14N4OS/c1-11-7-8-13(22-11)10-17-20-16(21)15-9-14(18-19-15)12-5-3-2-4-6-12/h2-10H,1H3,(H,18,19)(H,20,21)/b17-10+. The molecule has 5 nitrogen and oxygen atoms in total. The topological polar surface area (TPSA) is 70.1 Å². The maximum atomic E-state index is 12.0. The Morgan fingerprint density at radius 2 is 2.09 bits per heavy atom. The van der Waals surface area contributed by atoms with Crippen LogP contribution in [0, 0.1) is 6.92 Å². The molecule has 0 unspecified atom stereocenters. The van der Waals surface area contributed by atoms with Crippen LogP contribution in [0.5, 0.6) is 0 Å². The zero-order valence-electron chi connectivity index (χ0n) is 11.9. The van der Waals surface area contributed by atoms with E-state index in [0.717, 1.165) is 16.1 Å². The summed E-state index contributed by atoms with van der Waals surface area (Å²) in [6.45, 7) is 2.02. The Morgan fingerprint density at radius 3 is 2.82 bits per heavy atom. The molecular formula is C16H14N4OS. The summed E-state index contributed by atoms with van der Waals surface area (Å²) >= 11 is 1.62. The van der Waals surface area contributed by atoms with E-state index in [-0.39, 0.29) is 5.91 Å². The molecule has 0 aliphatic heterocycles. The van der Waals surface area contributed by atoms with Crippen molar-refractivity contribution < 1.29 is 4.79 Å². The van der Waals surface area contributed by atoms with E-state index in [2.05, 4.69) is 20.7 Å². The number of thiophene rings is 1. The summed E-state index contributed by atoms with van der Waals surface area (Å²) < 4.78 is 0. The molecule has 110 valence electrons. The number of rotatable bonds is 4. The third-order valence-electron chi connectivity index (χ3n) is 3.01. The summed E-state index contributed by atoms with van der Waals surface area (Å²) in [5, 5.41) is 10.8. The molecule has 2 N–H and O–H groups in total. The second-order valence-corrected chi connectivity index (χ2v) is 6.00. The first-order valence-corrected chi connectivity index (χ1v) is 7.55. The molecule has 0 aliphatic carbocycles. The van der Waals surface area contributed by atoms with Crippen molar-refractivity contribution in [2.24, 2.45) is 5.10 Å². The first kappa shape index (κ1) is 14.2. The van der Waals surface area contributed by atoms with Crippen molar-refractivity contribution in [1.82, 2.24) is 15.6 Å². The Balaban J connectivity index is 1.66. The lowest BCUT2D eigenvalue weighted by molar-refractivity contribution is 0.0950. The number of nitrogens with one attached hydrogen (secondary N) is 2. The maximum Gasteiger partial charge on any atom is 0.289 e. The van der Waals surface area contributed by atoms with Crippen LogP contribution in [0.3, 0.4) is 0 Å². The number of hydrazone groups is 1. The van der Waals surface area contributed by atoms with Crippen LogP contribution in [0.4, 0.5) is 0 Å². The van der Waals surface area contributed by atoms with Gasteiger partial charge in [-0.2, -0.15) is 10.2 Å². The summed E-state index contributed by atoms with van der Waals surface area (Å²) in [4.78, 5) is 14.2. The summed E-state index contributed by atoms with van der Waals surface area (Å²) in [6, 6.07) is 15.3. The van der Waals surface area contributed by atoms with Gasteiger partial charge in [-0.15, -0.1) is 11.3 Å². The normalized spacial score (nSPS) is 11.0. The molecule has 0 bridgehead atoms. The lowest BCUT2D eigenvalue weighted by Crippen LogP contribution is -2.17. The minimum absolute atomic E-state index is 0.320. The van der Waals surface area contributed by atoms with Crippen LogP contribution >= 0.6 is 11.3 Å². The highest BCUT2D eigenvalue weighted by Crippen LogP contribution is 2.16. The number of H-pyrrole nitrogens is 1. The fraction of sp³-hybridized carbons (Fsp3) is 0.0625. The third kappa shape index (κ3) is 3.29. The Kier molecular flexibility index (Phi) is 4.11. The second kappa shape index (κ2) is 6.36. The van der Waals surface area contributed by atoms with Crippen LogP contribution in [-0.2, 0) is 0 Å². The van der Waals surface area contributed by atoms with Gasteiger partial charge in [-0.25, -0.2) is 5.43 Å². The Bertz CT molecular complexity index is 804. The lowest BCUT2D eigenvalue weighted by atomic mass is 10.1. The Hall–Kier alpha value is -2.73. The van der Waals surface area contributed by atoms with Gasteiger partial charge in [-0.1, -0.05) is 30.3 Å². The van der Waals surface area contributed by atoms with E-state index in [1.807, 2.05) is 49.4 Å². The molecule has 0 radical (unpaired) electrons. The van der Waals surface area contributed by atoms with Crippen molar-refractivity contribution in [3.05, 3.63) is 64.0 Å². The summed E-state index contributed by atoms with van der Waals surface area (Å²) in [5.74, 6) is -0.320. The van der Waals surface area contributed by atoms with Gasteiger partial charge in [0.1, 0.15) is 5.69 Å². The molecule has 1 amide bonds. The number of aromatic nitrogens is 2. The molecule has 1 aromatic carbocycles. The highest BCUT2D eigenvalue weighted by Gasteiger charge is 2.09. The van der Waals surface area contributed by atoms with Gasteiger partial charge >= 0.3 is 0 Å². The molecule has 2 heterocycles. The van der Waals surface area contributed by atoms with Crippen LogP contribution in [0.25, 0.3) is 11.3 Å². The van der Waals surface area contributed by atoms with E-state index in [0.29, 0.717) is 5.69 Å². The number of hydrogen-bond donors (Lipinski definition) is 2. The Labute approximate surface area is 131 Å². The number of amides is 1. The zero-order valence-corrected chi connectivity index (χ0v) is 12.7. The Morgan fingerprint density at radius 1 is 1.27 bits per heavy atom. The van der Waals surface area contributed by atoms with Crippen LogP contribution in [0.2, 0.25) is 0 Å². The van der Waals surface area contributed by atoms with E-state index in [9.17, 15) is 4.79 Å². The van der Waals surface area contributed by atoms with Gasteiger partial charge in [0.2, 0.25) is 0 Å². The number of aromatic amines is 1. The first-order valence-electron chi connectivity index (χ1n) is 6.73. The molecule has 22 heavy (non-hydrogen) atoms. The van der Waals surface area contributed by atoms with Gasteiger partial charge in [0.25, 0.3) is 5.91 Å². The van der Waals surface area contributed by atoms with Crippen LogP contribution in [-0.4, -0.2) is 22.3 Å². The molecule has 3 aromatic rings. The minimum Gasteiger partial charge on any atom is -0.272 e. The molecule has 2 aromatic heterocycles. The van der Waals surface area contributed by atoms with Crippen molar-refractivity contribution in [1.29, 1.82) is 0 Å². The molecule has 3 rings (SSSR count). The van der Waals surface area contributed by atoms with Crippen LogP contribution in [0.15, 0.2) is 53.6 Å². The highest BCUT2D eigenvalue weighted by molar-refractivity contribution is 7.13. The molecule has 0 saturated heterocycles. The second-order valence-electron chi connectivity index (χ2n) is 4.68. The quantitative estimate of drug-likeness (QED) is 0.574. The predicted molar refractivity (Wildman–Crippen MR) is 88.1 cm³/mol. The van der Waals surface area contributed by atoms with Gasteiger partial charge < -0.3 is 0 Å². The van der Waals surface area contributed by atoms with E-state index in [4.69, 9.17) is 0 Å². The lowest BCUT2D eigenvalue weighted by Gasteiger charge is -1.94. The van der Waals surface area contributed by atoms with Gasteiger partial charge in [0, 0.05) is 15.3 Å². The number of carbonyl (C=O) groups is 1. The van der Waals surface area contributed by atoms with Crippen molar-refractivity contribution in [3.8, 4) is 11.3 Å².